The predicted octanol–water partition coefficient (Wildman–Crippen LogP) is 1.70. The number of carbonyl (C=O) groups is 1. The molecule has 1 saturated heterocycles. The van der Waals surface area contributed by atoms with Gasteiger partial charge in [-0.05, 0) is 30.9 Å². The third kappa shape index (κ3) is 2.46. The van der Waals surface area contributed by atoms with E-state index in [0.717, 1.165) is 37.7 Å². The number of aldehydes is 1. The summed E-state index contributed by atoms with van der Waals surface area (Å²) >= 11 is 0. The first kappa shape index (κ1) is 8.47. The fourth-order valence-electron chi connectivity index (χ4n) is 1.21. The highest BCUT2D eigenvalue weighted by Gasteiger charge is 2.12. The average molecular weight is 154 g/mol. The van der Waals surface area contributed by atoms with E-state index in [1.807, 2.05) is 13.0 Å². The first-order valence-electron chi connectivity index (χ1n) is 4.14. The number of rotatable bonds is 3. The second-order valence-corrected chi connectivity index (χ2v) is 2.76. The van der Waals surface area contributed by atoms with E-state index in [1.54, 1.807) is 0 Å². The van der Waals surface area contributed by atoms with Crippen LogP contribution in [0.1, 0.15) is 26.2 Å². The van der Waals surface area contributed by atoms with Crippen molar-refractivity contribution in [2.75, 3.05) is 6.61 Å². The lowest BCUT2D eigenvalue weighted by Crippen LogP contribution is -2.01. The maximum absolute atomic E-state index is 10.4. The van der Waals surface area contributed by atoms with Crippen LogP contribution in [0.5, 0.6) is 0 Å². The van der Waals surface area contributed by atoms with Crippen molar-refractivity contribution in [2.24, 2.45) is 0 Å². The normalized spacial score (nSPS) is 25.5. The molecule has 2 nitrogen and oxygen atoms in total. The van der Waals surface area contributed by atoms with Gasteiger partial charge in [0.15, 0.2) is 0 Å². The summed E-state index contributed by atoms with van der Waals surface area (Å²) in [5.74, 6) is 0. The molecule has 0 aromatic rings. The Kier molecular flexibility index (Phi) is 3.30. The average Bonchev–Trinajstić information content (AvgIpc) is 2.52. The molecule has 0 N–H and O–H groups in total. The zero-order valence-electron chi connectivity index (χ0n) is 6.88. The van der Waals surface area contributed by atoms with Gasteiger partial charge in [0, 0.05) is 6.61 Å². The first-order valence-corrected chi connectivity index (χ1v) is 4.14. The van der Waals surface area contributed by atoms with Crippen molar-refractivity contribution < 1.29 is 9.53 Å². The van der Waals surface area contributed by atoms with Crippen molar-refractivity contribution in [3.05, 3.63) is 11.6 Å². The molecule has 1 unspecified atom stereocenters. The first-order chi connectivity index (χ1) is 5.36. The summed E-state index contributed by atoms with van der Waals surface area (Å²) in [6.45, 7) is 2.83. The molecule has 0 aromatic carbocycles. The van der Waals surface area contributed by atoms with Crippen molar-refractivity contribution in [1.82, 2.24) is 0 Å². The second-order valence-electron chi connectivity index (χ2n) is 2.76. The zero-order chi connectivity index (χ0) is 8.10. The Bertz CT molecular complexity index is 155. The molecule has 62 valence electrons. The van der Waals surface area contributed by atoms with E-state index >= 15 is 0 Å². The highest BCUT2D eigenvalue weighted by atomic mass is 16.5. The summed E-state index contributed by atoms with van der Waals surface area (Å²) in [7, 11) is 0. The fraction of sp³-hybridized carbons (Fsp3) is 0.667. The molecule has 0 bridgehead atoms. The third-order valence-corrected chi connectivity index (χ3v) is 1.92. The lowest BCUT2D eigenvalue weighted by molar-refractivity contribution is -0.105. The Labute approximate surface area is 67.2 Å². The third-order valence-electron chi connectivity index (χ3n) is 1.92. The van der Waals surface area contributed by atoms with Crippen LogP contribution >= 0.6 is 0 Å². The van der Waals surface area contributed by atoms with Gasteiger partial charge in [0.05, 0.1) is 6.10 Å². The molecule has 0 aliphatic carbocycles. The summed E-state index contributed by atoms with van der Waals surface area (Å²) in [5, 5.41) is 0. The van der Waals surface area contributed by atoms with Crippen molar-refractivity contribution in [1.29, 1.82) is 0 Å². The van der Waals surface area contributed by atoms with E-state index in [2.05, 4.69) is 0 Å². The summed E-state index contributed by atoms with van der Waals surface area (Å²) in [6.07, 6.45) is 6.06. The maximum Gasteiger partial charge on any atom is 0.145 e. The number of carbonyl (C=O) groups excluding carboxylic acids is 1. The molecular weight excluding hydrogens is 140 g/mol. The second kappa shape index (κ2) is 4.29. The molecule has 1 fully saturated rings. The number of hydrogen-bond donors (Lipinski definition) is 0. The van der Waals surface area contributed by atoms with Crippen molar-refractivity contribution in [3.63, 3.8) is 0 Å². The van der Waals surface area contributed by atoms with Crippen LogP contribution in [0.25, 0.3) is 0 Å². The van der Waals surface area contributed by atoms with E-state index in [-0.39, 0.29) is 6.10 Å². The largest absolute Gasteiger partial charge is 0.374 e. The van der Waals surface area contributed by atoms with Gasteiger partial charge >= 0.3 is 0 Å². The topological polar surface area (TPSA) is 26.3 Å². The Morgan fingerprint density at radius 2 is 2.55 bits per heavy atom. The summed E-state index contributed by atoms with van der Waals surface area (Å²) < 4.78 is 5.35. The molecule has 0 spiro atoms. The van der Waals surface area contributed by atoms with E-state index in [1.165, 1.54) is 0 Å². The molecule has 0 saturated carbocycles. The number of allylic oxidation sites excluding steroid dienone is 1. The predicted molar refractivity (Wildman–Crippen MR) is 43.4 cm³/mol. The van der Waals surface area contributed by atoms with Gasteiger partial charge < -0.3 is 4.74 Å². The number of ether oxygens (including phenoxy) is 1. The Balaban J connectivity index is 2.46. The Hall–Kier alpha value is -0.630. The molecule has 1 rings (SSSR count). The molecule has 0 amide bonds. The van der Waals surface area contributed by atoms with E-state index in [9.17, 15) is 4.79 Å². The van der Waals surface area contributed by atoms with Gasteiger partial charge in [-0.3, -0.25) is 4.79 Å². The van der Waals surface area contributed by atoms with Gasteiger partial charge in [-0.1, -0.05) is 6.92 Å². The molecular formula is C9H14O2. The Morgan fingerprint density at radius 1 is 1.73 bits per heavy atom. The molecule has 1 aliphatic rings. The molecule has 1 heterocycles. The van der Waals surface area contributed by atoms with E-state index < -0.39 is 0 Å². The van der Waals surface area contributed by atoms with Gasteiger partial charge in [-0.15, -0.1) is 0 Å². The lowest BCUT2D eigenvalue weighted by atomic mass is 10.1. The standard InChI is InChI=1S/C9H14O2/c1-2-8(7-10)6-9-4-3-5-11-9/h6-7,9H,2-5H2,1H3/b8-6+. The van der Waals surface area contributed by atoms with Crippen LogP contribution in [-0.2, 0) is 9.53 Å². The number of hydrogen-bond acceptors (Lipinski definition) is 2. The molecule has 0 aromatic heterocycles. The molecule has 0 radical (unpaired) electrons. The van der Waals surface area contributed by atoms with Crippen molar-refractivity contribution in [2.45, 2.75) is 32.3 Å². The van der Waals surface area contributed by atoms with Crippen LogP contribution in [0.15, 0.2) is 11.6 Å². The van der Waals surface area contributed by atoms with Gasteiger partial charge in [0.2, 0.25) is 0 Å². The van der Waals surface area contributed by atoms with Crippen molar-refractivity contribution in [3.8, 4) is 0 Å². The molecule has 1 atom stereocenters. The summed E-state index contributed by atoms with van der Waals surface area (Å²) in [5.41, 5.74) is 0.858. The maximum atomic E-state index is 10.4. The molecule has 1 aliphatic heterocycles. The zero-order valence-corrected chi connectivity index (χ0v) is 6.88. The van der Waals surface area contributed by atoms with E-state index in [0.29, 0.717) is 0 Å². The van der Waals surface area contributed by atoms with Crippen LogP contribution in [0.2, 0.25) is 0 Å². The molecule has 11 heavy (non-hydrogen) atoms. The highest BCUT2D eigenvalue weighted by Crippen LogP contribution is 2.14. The fourth-order valence-corrected chi connectivity index (χ4v) is 1.21. The van der Waals surface area contributed by atoms with Crippen LogP contribution in [0.3, 0.4) is 0 Å². The molecule has 2 heteroatoms. The Morgan fingerprint density at radius 3 is 3.00 bits per heavy atom. The van der Waals surface area contributed by atoms with Crippen LogP contribution < -0.4 is 0 Å². The quantitative estimate of drug-likeness (QED) is 0.457. The minimum Gasteiger partial charge on any atom is -0.374 e. The van der Waals surface area contributed by atoms with Crippen molar-refractivity contribution >= 4 is 6.29 Å². The van der Waals surface area contributed by atoms with Crippen LogP contribution in [0, 0.1) is 0 Å². The monoisotopic (exact) mass is 154 g/mol. The highest BCUT2D eigenvalue weighted by molar-refractivity contribution is 5.73. The van der Waals surface area contributed by atoms with Gasteiger partial charge in [-0.2, -0.15) is 0 Å². The van der Waals surface area contributed by atoms with Crippen LogP contribution in [-0.4, -0.2) is 19.0 Å². The summed E-state index contributed by atoms with van der Waals surface area (Å²) in [4.78, 5) is 10.4. The van der Waals surface area contributed by atoms with Gasteiger partial charge in [-0.25, -0.2) is 0 Å². The summed E-state index contributed by atoms with van der Waals surface area (Å²) in [6, 6.07) is 0. The minimum atomic E-state index is 0.204. The minimum absolute atomic E-state index is 0.204. The smallest absolute Gasteiger partial charge is 0.145 e. The van der Waals surface area contributed by atoms with E-state index in [4.69, 9.17) is 4.74 Å². The van der Waals surface area contributed by atoms with Gasteiger partial charge in [0.25, 0.3) is 0 Å². The SMILES string of the molecule is CC/C(C=O)=C\C1CCCO1. The van der Waals surface area contributed by atoms with Gasteiger partial charge in [0.1, 0.15) is 6.29 Å². The van der Waals surface area contributed by atoms with Crippen LogP contribution in [0.4, 0.5) is 0 Å². The lowest BCUT2D eigenvalue weighted by Gasteiger charge is -2.02.